The zero-order valence-electron chi connectivity index (χ0n) is 23.2. The predicted molar refractivity (Wildman–Crippen MR) is 156 cm³/mol. The zero-order valence-corrected chi connectivity index (χ0v) is 25.0. The van der Waals surface area contributed by atoms with Crippen LogP contribution in [0.15, 0.2) is 66.7 Å². The maximum absolute atomic E-state index is 14.8. The summed E-state index contributed by atoms with van der Waals surface area (Å²) in [6, 6.07) is 16.3. The van der Waals surface area contributed by atoms with Crippen molar-refractivity contribution in [2.45, 2.75) is 18.1 Å². The molecule has 2 saturated heterocycles. The molecule has 232 valence electrons. The van der Waals surface area contributed by atoms with Crippen molar-refractivity contribution in [2.75, 3.05) is 56.8 Å². The van der Waals surface area contributed by atoms with Crippen molar-refractivity contribution in [1.82, 2.24) is 0 Å². The average molecular weight is 647 g/mol. The van der Waals surface area contributed by atoms with E-state index in [4.69, 9.17) is 22.8 Å². The molecule has 2 heterocycles. The molecule has 0 unspecified atom stereocenters. The van der Waals surface area contributed by atoms with Gasteiger partial charge in [0.1, 0.15) is 38.0 Å². The van der Waals surface area contributed by atoms with E-state index in [0.717, 1.165) is 17.7 Å². The summed E-state index contributed by atoms with van der Waals surface area (Å²) < 4.78 is 80.9. The van der Waals surface area contributed by atoms with Crippen LogP contribution >= 0.6 is 15.9 Å². The number of anilines is 2. The first-order valence-electron chi connectivity index (χ1n) is 13.5. The molecule has 3 N–H and O–H groups in total. The van der Waals surface area contributed by atoms with E-state index >= 15 is 0 Å². The van der Waals surface area contributed by atoms with E-state index < -0.39 is 39.0 Å². The number of benzene rings is 3. The van der Waals surface area contributed by atoms with Crippen LogP contribution in [0.1, 0.15) is 12.0 Å². The lowest BCUT2D eigenvalue weighted by molar-refractivity contribution is -0.137. The van der Waals surface area contributed by atoms with Crippen LogP contribution in [-0.2, 0) is 24.3 Å². The number of alkyl halides is 3. The van der Waals surface area contributed by atoms with E-state index in [-0.39, 0.29) is 32.1 Å². The molecule has 0 radical (unpaired) electrons. The van der Waals surface area contributed by atoms with Gasteiger partial charge in [0.15, 0.2) is 0 Å². The molecule has 43 heavy (non-hydrogen) atoms. The van der Waals surface area contributed by atoms with Crippen molar-refractivity contribution in [2.24, 2.45) is 0 Å². The molecule has 0 aromatic heterocycles. The minimum Gasteiger partial charge on any atom is -0.494 e. The van der Waals surface area contributed by atoms with Gasteiger partial charge >= 0.3 is 27.6 Å². The van der Waals surface area contributed by atoms with Gasteiger partial charge in [-0.25, -0.2) is 4.39 Å². The highest BCUT2D eigenvalue weighted by Crippen LogP contribution is 2.80. The number of hydrogen-bond acceptors (Lipinski definition) is 9. The molecule has 2 aliphatic rings. The topological polar surface area (TPSA) is 102 Å². The van der Waals surface area contributed by atoms with Gasteiger partial charge in [-0.1, -0.05) is 24.3 Å². The number of nitrogens with one attached hydrogen (secondary N) is 1. The van der Waals surface area contributed by atoms with Crippen molar-refractivity contribution in [3.63, 3.8) is 0 Å². The molecule has 0 aliphatic carbocycles. The van der Waals surface area contributed by atoms with E-state index in [0.29, 0.717) is 36.6 Å². The van der Waals surface area contributed by atoms with Gasteiger partial charge in [-0.05, 0) is 60.0 Å². The van der Waals surface area contributed by atoms with Crippen molar-refractivity contribution < 1.29 is 50.2 Å². The van der Waals surface area contributed by atoms with Gasteiger partial charge in [0.2, 0.25) is 0 Å². The Labute approximate surface area is 247 Å². The smallest absolute Gasteiger partial charge is 0.483 e. The van der Waals surface area contributed by atoms with Crippen LogP contribution in [0.3, 0.4) is 0 Å². The molecule has 15 heteroatoms. The third kappa shape index (κ3) is 7.56. The van der Waals surface area contributed by atoms with E-state index in [1.807, 2.05) is 0 Å². The fraction of sp³-hybridized carbons (Fsp3) is 0.357. The molecule has 0 spiro atoms. The maximum atomic E-state index is 14.8. The Morgan fingerprint density at radius 2 is 1.40 bits per heavy atom. The second kappa shape index (κ2) is 13.2. The molecular formula is C28H32F4N2O7P2+2. The first-order chi connectivity index (χ1) is 20.5. The highest BCUT2D eigenvalue weighted by molar-refractivity contribution is 7.79. The summed E-state index contributed by atoms with van der Waals surface area (Å²) >= 11 is 0. The van der Waals surface area contributed by atoms with Crippen molar-refractivity contribution >= 4 is 27.3 Å². The molecular weight excluding hydrogens is 614 g/mol. The molecule has 0 saturated carbocycles. The fourth-order valence-electron chi connectivity index (χ4n) is 4.63. The molecule has 3 aromatic carbocycles. The highest BCUT2D eigenvalue weighted by atomic mass is 31.3. The second-order valence-corrected chi connectivity index (χ2v) is 14.6. The fourth-order valence-corrected chi connectivity index (χ4v) is 9.59. The monoisotopic (exact) mass is 646 g/mol. The number of ether oxygens (including phenoxy) is 1. The maximum Gasteiger partial charge on any atom is 0.483 e. The van der Waals surface area contributed by atoms with E-state index in [1.54, 1.807) is 42.3 Å². The van der Waals surface area contributed by atoms with Gasteiger partial charge in [-0.3, -0.25) is 0 Å². The van der Waals surface area contributed by atoms with Crippen LogP contribution in [0.2, 0.25) is 0 Å². The average Bonchev–Trinajstić information content (AvgIpc) is 3.64. The highest BCUT2D eigenvalue weighted by Gasteiger charge is 2.74. The molecule has 3 aromatic rings. The summed E-state index contributed by atoms with van der Waals surface area (Å²) in [4.78, 5) is 23.7. The van der Waals surface area contributed by atoms with Crippen LogP contribution < -0.4 is 15.0 Å². The van der Waals surface area contributed by atoms with Gasteiger partial charge in [0.25, 0.3) is 0 Å². The molecule has 2 fully saturated rings. The summed E-state index contributed by atoms with van der Waals surface area (Å²) in [5.74, 6) is 0.130. The molecule has 0 bridgehead atoms. The van der Waals surface area contributed by atoms with E-state index in [2.05, 4.69) is 5.32 Å². The number of hydrogen-bond donors (Lipinski definition) is 3. The lowest BCUT2D eigenvalue weighted by Gasteiger charge is -2.25. The minimum atomic E-state index is -4.38. The molecule has 5 rings (SSSR count). The van der Waals surface area contributed by atoms with Crippen molar-refractivity contribution in [3.8, 4) is 16.9 Å². The lowest BCUT2D eigenvalue weighted by Crippen LogP contribution is -2.28. The van der Waals surface area contributed by atoms with Crippen LogP contribution in [0.4, 0.5) is 28.9 Å². The summed E-state index contributed by atoms with van der Waals surface area (Å²) in [5, 5.41) is 3.01. The molecule has 0 atom stereocenters. The Bertz CT molecular complexity index is 1350. The summed E-state index contributed by atoms with van der Waals surface area (Å²) in [5.41, 5.74) is 0.208. The molecule has 0 amide bonds. The third-order valence-electron chi connectivity index (χ3n) is 6.85. The quantitative estimate of drug-likeness (QED) is 0.119. The Hall–Kier alpha value is -2.60. The number of halogens is 4. The minimum absolute atomic E-state index is 0.158. The van der Waals surface area contributed by atoms with E-state index in [9.17, 15) is 27.3 Å². The van der Waals surface area contributed by atoms with Gasteiger partial charge in [0, 0.05) is 19.3 Å². The summed E-state index contributed by atoms with van der Waals surface area (Å²) in [6.07, 6.45) is -3.83. The normalized spacial score (nSPS) is 17.8. The standard InChI is InChI=1S/C28H32F4N2O7P2/c1-34(13-2-14-37-24-10-5-21(6-11-24)20-3-7-22(8-4-20)28(30,31)32)26-19-23(9-12-25(26)29)33-27(42(35)38-15-16-39-42)43(36)40-17-18-41-43/h3-12,19,27,33,35-36H,2,13-18H2,1H3/q+2. The largest absolute Gasteiger partial charge is 0.494 e. The van der Waals surface area contributed by atoms with Crippen LogP contribution in [0.5, 0.6) is 5.75 Å². The Balaban J connectivity index is 1.16. The van der Waals surface area contributed by atoms with Crippen molar-refractivity contribution in [1.29, 1.82) is 0 Å². The van der Waals surface area contributed by atoms with Crippen LogP contribution in [0, 0.1) is 5.82 Å². The SMILES string of the molecule is CN(CCCOc1ccc(-c2ccc(C(F)(F)F)cc2)cc1)c1cc(NC([P+]2(O)OCCO2)[P+]2(O)OCCO2)ccc1F. The van der Waals surface area contributed by atoms with Gasteiger partial charge in [-0.2, -0.15) is 41.1 Å². The van der Waals surface area contributed by atoms with Gasteiger partial charge in [0.05, 0.1) is 17.9 Å². The molecule has 2 aliphatic heterocycles. The van der Waals surface area contributed by atoms with Crippen molar-refractivity contribution in [3.05, 3.63) is 78.1 Å². The summed E-state index contributed by atoms with van der Waals surface area (Å²) in [7, 11) is -5.41. The van der Waals surface area contributed by atoms with Crippen LogP contribution in [0.25, 0.3) is 11.1 Å². The first-order valence-corrected chi connectivity index (χ1v) is 16.8. The van der Waals surface area contributed by atoms with Gasteiger partial charge in [-0.15, -0.1) is 0 Å². The predicted octanol–water partition coefficient (Wildman–Crippen LogP) is 6.72. The lowest BCUT2D eigenvalue weighted by atomic mass is 10.0. The Morgan fingerprint density at radius 3 is 1.93 bits per heavy atom. The third-order valence-corrected chi connectivity index (χ3v) is 12.3. The summed E-state index contributed by atoms with van der Waals surface area (Å²) in [6.45, 7) is 1.41. The Morgan fingerprint density at radius 1 is 0.860 bits per heavy atom. The Kier molecular flexibility index (Phi) is 9.75. The van der Waals surface area contributed by atoms with E-state index in [1.165, 1.54) is 24.3 Å². The zero-order chi connectivity index (χ0) is 30.7. The number of nitrogens with zero attached hydrogens (tertiary/aromatic N) is 1. The second-order valence-electron chi connectivity index (χ2n) is 9.87. The molecule has 9 nitrogen and oxygen atoms in total. The van der Waals surface area contributed by atoms with Gasteiger partial charge < -0.3 is 15.0 Å². The number of rotatable bonds is 11. The first kappa shape index (κ1) is 31.8. The van der Waals surface area contributed by atoms with Crippen LogP contribution in [-0.4, -0.2) is 61.9 Å².